The van der Waals surface area contributed by atoms with Crippen LogP contribution in [0.4, 0.5) is 0 Å². The van der Waals surface area contributed by atoms with Crippen LogP contribution in [-0.2, 0) is 0 Å². The maximum absolute atomic E-state index is 6.24. The third-order valence-corrected chi connectivity index (χ3v) is 3.64. The van der Waals surface area contributed by atoms with Gasteiger partial charge in [-0.15, -0.1) is 0 Å². The van der Waals surface area contributed by atoms with Crippen molar-refractivity contribution in [2.75, 3.05) is 20.1 Å². The normalized spacial score (nSPS) is 15.0. The van der Waals surface area contributed by atoms with E-state index in [1.54, 1.807) is 0 Å². The molecule has 3 nitrogen and oxygen atoms in total. The summed E-state index contributed by atoms with van der Waals surface area (Å²) in [7, 11) is 2.12. The average Bonchev–Trinajstić information content (AvgIpc) is 2.82. The molecule has 19 heavy (non-hydrogen) atoms. The number of nitrogens with zero attached hydrogens (tertiary/aromatic N) is 1. The summed E-state index contributed by atoms with van der Waals surface area (Å²) in [6.45, 7) is 6.38. The highest BCUT2D eigenvalue weighted by Crippen LogP contribution is 2.23. The van der Waals surface area contributed by atoms with Crippen molar-refractivity contribution in [3.8, 4) is 0 Å². The predicted molar refractivity (Wildman–Crippen MR) is 80.1 cm³/mol. The molecule has 0 fully saturated rings. The molecule has 3 heteroatoms. The molecular formula is C16H24N2O. The summed E-state index contributed by atoms with van der Waals surface area (Å²) in [4.78, 5) is 2.28. The molecule has 0 aliphatic heterocycles. The molecule has 0 aliphatic rings. The van der Waals surface area contributed by atoms with Gasteiger partial charge in [0.05, 0.1) is 6.04 Å². The van der Waals surface area contributed by atoms with Gasteiger partial charge in [-0.2, -0.15) is 0 Å². The quantitative estimate of drug-likeness (QED) is 0.865. The van der Waals surface area contributed by atoms with E-state index in [-0.39, 0.29) is 6.04 Å². The predicted octanol–water partition coefficient (Wildman–Crippen LogP) is 3.41. The highest BCUT2D eigenvalue weighted by molar-refractivity contribution is 5.77. The average molecular weight is 260 g/mol. The fourth-order valence-electron chi connectivity index (χ4n) is 2.35. The number of nitrogens with two attached hydrogens (primary N) is 1. The van der Waals surface area contributed by atoms with E-state index in [0.29, 0.717) is 5.92 Å². The summed E-state index contributed by atoms with van der Waals surface area (Å²) in [5.41, 5.74) is 7.16. The van der Waals surface area contributed by atoms with Crippen LogP contribution in [0.5, 0.6) is 0 Å². The summed E-state index contributed by atoms with van der Waals surface area (Å²) in [5, 5.41) is 1.12. The van der Waals surface area contributed by atoms with Crippen molar-refractivity contribution in [3.05, 3.63) is 36.1 Å². The van der Waals surface area contributed by atoms with Gasteiger partial charge in [-0.3, -0.25) is 0 Å². The van der Waals surface area contributed by atoms with Crippen molar-refractivity contribution < 1.29 is 4.42 Å². The maximum atomic E-state index is 6.24. The van der Waals surface area contributed by atoms with Crippen molar-refractivity contribution in [2.24, 2.45) is 11.7 Å². The molecule has 2 atom stereocenters. The number of fused-ring (bicyclic) bond motifs is 1. The van der Waals surface area contributed by atoms with E-state index in [2.05, 4.69) is 37.9 Å². The number of hydrogen-bond acceptors (Lipinski definition) is 3. The first kappa shape index (κ1) is 14.1. The first-order valence-corrected chi connectivity index (χ1v) is 7.02. The van der Waals surface area contributed by atoms with Crippen molar-refractivity contribution >= 4 is 11.0 Å². The summed E-state index contributed by atoms with van der Waals surface area (Å²) in [5.74, 6) is 1.57. The monoisotopic (exact) mass is 260 g/mol. The Labute approximate surface area is 115 Å². The third kappa shape index (κ3) is 3.58. The molecule has 0 bridgehead atoms. The molecule has 2 unspecified atom stereocenters. The van der Waals surface area contributed by atoms with Crippen LogP contribution in [0.2, 0.25) is 0 Å². The first-order chi connectivity index (χ1) is 9.10. The maximum Gasteiger partial charge on any atom is 0.134 e. The van der Waals surface area contributed by atoms with Gasteiger partial charge >= 0.3 is 0 Å². The molecule has 0 spiro atoms. The minimum atomic E-state index is -0.0681. The summed E-state index contributed by atoms with van der Waals surface area (Å²) >= 11 is 0. The van der Waals surface area contributed by atoms with E-state index in [0.717, 1.165) is 29.8 Å². The highest BCUT2D eigenvalue weighted by Gasteiger charge is 2.15. The zero-order valence-electron chi connectivity index (χ0n) is 12.1. The summed E-state index contributed by atoms with van der Waals surface area (Å²) in [6.07, 6.45) is 1.20. The number of hydrogen-bond donors (Lipinski definition) is 1. The third-order valence-electron chi connectivity index (χ3n) is 3.64. The molecule has 1 heterocycles. The second-order valence-corrected chi connectivity index (χ2v) is 5.53. The van der Waals surface area contributed by atoms with Crippen molar-refractivity contribution in [1.29, 1.82) is 0 Å². The van der Waals surface area contributed by atoms with E-state index in [9.17, 15) is 0 Å². The van der Waals surface area contributed by atoms with Gasteiger partial charge in [0, 0.05) is 18.5 Å². The van der Waals surface area contributed by atoms with E-state index in [1.165, 1.54) is 6.42 Å². The Morgan fingerprint density at radius 3 is 2.68 bits per heavy atom. The van der Waals surface area contributed by atoms with Crippen LogP contribution < -0.4 is 5.73 Å². The van der Waals surface area contributed by atoms with Crippen LogP contribution in [0.25, 0.3) is 11.0 Å². The van der Waals surface area contributed by atoms with Gasteiger partial charge in [0.2, 0.25) is 0 Å². The zero-order valence-corrected chi connectivity index (χ0v) is 12.1. The number of furan rings is 1. The van der Waals surface area contributed by atoms with Crippen LogP contribution in [-0.4, -0.2) is 25.0 Å². The summed E-state index contributed by atoms with van der Waals surface area (Å²) < 4.78 is 5.81. The highest BCUT2D eigenvalue weighted by atomic mass is 16.3. The minimum absolute atomic E-state index is 0.0681. The molecule has 1 aromatic heterocycles. The van der Waals surface area contributed by atoms with Crippen LogP contribution in [0, 0.1) is 5.92 Å². The molecule has 2 rings (SSSR count). The minimum Gasteiger partial charge on any atom is -0.459 e. The fourth-order valence-corrected chi connectivity index (χ4v) is 2.35. The number of likely N-dealkylation sites (N-methyl/N-ethyl adjacent to an activating group) is 1. The topological polar surface area (TPSA) is 42.4 Å². The van der Waals surface area contributed by atoms with E-state index in [4.69, 9.17) is 10.2 Å². The van der Waals surface area contributed by atoms with Crippen LogP contribution in [0.3, 0.4) is 0 Å². The van der Waals surface area contributed by atoms with Gasteiger partial charge in [0.1, 0.15) is 11.3 Å². The molecule has 0 aliphatic carbocycles. The Morgan fingerprint density at radius 2 is 2.00 bits per heavy atom. The molecule has 104 valence electrons. The van der Waals surface area contributed by atoms with Crippen LogP contribution >= 0.6 is 0 Å². The number of benzene rings is 1. The molecule has 0 saturated carbocycles. The fraction of sp³-hybridized carbons (Fsp3) is 0.500. The standard InChI is InChI=1S/C16H24N2O/c1-4-12(2)10-18(3)11-14(17)16-9-13-7-5-6-8-15(13)19-16/h5-9,12,14H,4,10-11,17H2,1-3H3. The van der Waals surface area contributed by atoms with E-state index < -0.39 is 0 Å². The smallest absolute Gasteiger partial charge is 0.134 e. The lowest BCUT2D eigenvalue weighted by Crippen LogP contribution is -2.32. The molecular weight excluding hydrogens is 236 g/mol. The Hall–Kier alpha value is -1.32. The molecule has 0 amide bonds. The molecule has 2 aromatic rings. The van der Waals surface area contributed by atoms with Gasteiger partial charge in [-0.05, 0) is 25.1 Å². The Bertz CT molecular complexity index is 487. The van der Waals surface area contributed by atoms with Crippen LogP contribution in [0.15, 0.2) is 34.7 Å². The van der Waals surface area contributed by atoms with Crippen molar-refractivity contribution in [2.45, 2.75) is 26.3 Å². The van der Waals surface area contributed by atoms with Gasteiger partial charge in [0.25, 0.3) is 0 Å². The lowest BCUT2D eigenvalue weighted by atomic mass is 10.1. The molecule has 0 saturated heterocycles. The Kier molecular flexibility index (Phi) is 4.61. The lowest BCUT2D eigenvalue weighted by Gasteiger charge is -2.22. The van der Waals surface area contributed by atoms with Crippen molar-refractivity contribution in [3.63, 3.8) is 0 Å². The second kappa shape index (κ2) is 6.22. The second-order valence-electron chi connectivity index (χ2n) is 5.53. The van der Waals surface area contributed by atoms with Gasteiger partial charge in [-0.1, -0.05) is 38.5 Å². The number of rotatable bonds is 6. The van der Waals surface area contributed by atoms with E-state index in [1.807, 2.05) is 18.2 Å². The largest absolute Gasteiger partial charge is 0.459 e. The van der Waals surface area contributed by atoms with E-state index >= 15 is 0 Å². The van der Waals surface area contributed by atoms with Gasteiger partial charge < -0.3 is 15.1 Å². The van der Waals surface area contributed by atoms with Gasteiger partial charge in [0.15, 0.2) is 0 Å². The van der Waals surface area contributed by atoms with Crippen molar-refractivity contribution in [1.82, 2.24) is 4.90 Å². The Balaban J connectivity index is 2.01. The van der Waals surface area contributed by atoms with Crippen LogP contribution in [0.1, 0.15) is 32.1 Å². The zero-order chi connectivity index (χ0) is 13.8. The SMILES string of the molecule is CCC(C)CN(C)CC(N)c1cc2ccccc2o1. The number of para-hydroxylation sites is 1. The Morgan fingerprint density at radius 1 is 1.26 bits per heavy atom. The van der Waals surface area contributed by atoms with Gasteiger partial charge in [-0.25, -0.2) is 0 Å². The molecule has 0 radical (unpaired) electrons. The molecule has 1 aromatic carbocycles. The molecule has 2 N–H and O–H groups in total. The summed E-state index contributed by atoms with van der Waals surface area (Å²) in [6, 6.07) is 10.0. The lowest BCUT2D eigenvalue weighted by molar-refractivity contribution is 0.258. The first-order valence-electron chi connectivity index (χ1n) is 7.02.